The number of aromatic nitrogens is 2. The van der Waals surface area contributed by atoms with Crippen LogP contribution in [-0.2, 0) is 11.2 Å². The minimum Gasteiger partial charge on any atom is -0.321 e. The van der Waals surface area contributed by atoms with Crippen molar-refractivity contribution in [2.75, 3.05) is 5.32 Å². The molecule has 0 spiro atoms. The van der Waals surface area contributed by atoms with Gasteiger partial charge in [0, 0.05) is 16.9 Å². The average Bonchev–Trinajstić information content (AvgIpc) is 3.01. The molecular weight excluding hydrogens is 348 g/mol. The van der Waals surface area contributed by atoms with Crippen molar-refractivity contribution in [1.29, 1.82) is 5.26 Å². The van der Waals surface area contributed by atoms with Crippen molar-refractivity contribution in [2.45, 2.75) is 27.2 Å². The van der Waals surface area contributed by atoms with E-state index in [2.05, 4.69) is 17.3 Å². The molecular formula is C23H22N4O. The Kier molecular flexibility index (Phi) is 5.71. The van der Waals surface area contributed by atoms with Gasteiger partial charge >= 0.3 is 0 Å². The molecule has 28 heavy (non-hydrogen) atoms. The number of hydrogen-bond donors (Lipinski definition) is 1. The maximum atomic E-state index is 12.6. The van der Waals surface area contributed by atoms with Crippen LogP contribution in [0.15, 0.2) is 60.2 Å². The number of carbonyl (C=O) groups excluding carboxylic acids is 1. The highest BCUT2D eigenvalue weighted by molar-refractivity contribution is 6.09. The third kappa shape index (κ3) is 4.02. The van der Waals surface area contributed by atoms with Crippen LogP contribution >= 0.6 is 0 Å². The fraction of sp³-hybridized carbons (Fsp3) is 0.174. The minimum absolute atomic E-state index is 0.0402. The standard InChI is InChI=1S/C23H22N4O/c1-4-18-10-12-20(13-11-18)25-23(28)19(15-24)14-22-16(2)26-27(17(22)3)21-8-6-5-7-9-21/h5-14H,4H2,1-3H3,(H,25,28)/b19-14+. The number of para-hydroxylation sites is 1. The quantitative estimate of drug-likeness (QED) is 0.527. The van der Waals surface area contributed by atoms with Crippen LogP contribution in [0.3, 0.4) is 0 Å². The van der Waals surface area contributed by atoms with E-state index < -0.39 is 5.91 Å². The van der Waals surface area contributed by atoms with Crippen LogP contribution in [0.1, 0.15) is 29.4 Å². The lowest BCUT2D eigenvalue weighted by Gasteiger charge is -2.06. The number of nitriles is 1. The van der Waals surface area contributed by atoms with Gasteiger partial charge in [-0.15, -0.1) is 0 Å². The first-order valence-corrected chi connectivity index (χ1v) is 9.17. The zero-order valence-corrected chi connectivity index (χ0v) is 16.2. The van der Waals surface area contributed by atoms with Gasteiger partial charge in [-0.1, -0.05) is 37.3 Å². The normalized spacial score (nSPS) is 11.1. The molecule has 0 bridgehead atoms. The Labute approximate surface area is 164 Å². The van der Waals surface area contributed by atoms with Crippen molar-refractivity contribution in [3.8, 4) is 11.8 Å². The number of hydrogen-bond acceptors (Lipinski definition) is 3. The molecule has 3 aromatic rings. The Balaban J connectivity index is 1.89. The second kappa shape index (κ2) is 8.36. The Morgan fingerprint density at radius 2 is 1.82 bits per heavy atom. The molecule has 5 nitrogen and oxygen atoms in total. The van der Waals surface area contributed by atoms with Gasteiger partial charge in [-0.25, -0.2) is 4.68 Å². The molecule has 0 saturated heterocycles. The molecule has 0 atom stereocenters. The molecule has 0 saturated carbocycles. The maximum absolute atomic E-state index is 12.6. The number of anilines is 1. The molecule has 140 valence electrons. The maximum Gasteiger partial charge on any atom is 0.266 e. The molecule has 0 fully saturated rings. The smallest absolute Gasteiger partial charge is 0.266 e. The van der Waals surface area contributed by atoms with E-state index in [9.17, 15) is 10.1 Å². The van der Waals surface area contributed by atoms with Gasteiger partial charge in [0.05, 0.1) is 11.4 Å². The first-order valence-electron chi connectivity index (χ1n) is 9.17. The lowest BCUT2D eigenvalue weighted by atomic mass is 10.1. The third-order valence-corrected chi connectivity index (χ3v) is 4.62. The zero-order chi connectivity index (χ0) is 20.1. The van der Waals surface area contributed by atoms with E-state index in [1.54, 1.807) is 6.08 Å². The lowest BCUT2D eigenvalue weighted by molar-refractivity contribution is -0.112. The van der Waals surface area contributed by atoms with Gasteiger partial charge in [0.25, 0.3) is 5.91 Å². The minimum atomic E-state index is -0.432. The summed E-state index contributed by atoms with van der Waals surface area (Å²) in [6.07, 6.45) is 2.54. The van der Waals surface area contributed by atoms with E-state index in [1.807, 2.05) is 79.2 Å². The van der Waals surface area contributed by atoms with Crippen molar-refractivity contribution >= 4 is 17.7 Å². The van der Waals surface area contributed by atoms with Crippen LogP contribution in [0.4, 0.5) is 5.69 Å². The van der Waals surface area contributed by atoms with Crippen LogP contribution in [0.5, 0.6) is 0 Å². The van der Waals surface area contributed by atoms with Gasteiger partial charge in [-0.3, -0.25) is 4.79 Å². The summed E-state index contributed by atoms with van der Waals surface area (Å²) in [6.45, 7) is 5.87. The Morgan fingerprint density at radius 1 is 1.14 bits per heavy atom. The molecule has 3 rings (SSSR count). The van der Waals surface area contributed by atoms with Gasteiger partial charge in [0.1, 0.15) is 11.6 Å². The Hall–Kier alpha value is -3.65. The zero-order valence-electron chi connectivity index (χ0n) is 16.2. The summed E-state index contributed by atoms with van der Waals surface area (Å²) >= 11 is 0. The van der Waals surface area contributed by atoms with Crippen LogP contribution < -0.4 is 5.32 Å². The number of amides is 1. The van der Waals surface area contributed by atoms with Crippen LogP contribution in [0.2, 0.25) is 0 Å². The number of rotatable bonds is 5. The van der Waals surface area contributed by atoms with Gasteiger partial charge in [-0.2, -0.15) is 10.4 Å². The largest absolute Gasteiger partial charge is 0.321 e. The first kappa shape index (κ1) is 19.1. The number of aryl methyl sites for hydroxylation is 2. The lowest BCUT2D eigenvalue weighted by Crippen LogP contribution is -2.13. The van der Waals surface area contributed by atoms with E-state index in [-0.39, 0.29) is 5.57 Å². The van der Waals surface area contributed by atoms with Crippen LogP contribution in [-0.4, -0.2) is 15.7 Å². The Morgan fingerprint density at radius 3 is 2.43 bits per heavy atom. The molecule has 0 aliphatic rings. The van der Waals surface area contributed by atoms with E-state index in [0.717, 1.165) is 29.1 Å². The highest BCUT2D eigenvalue weighted by atomic mass is 16.1. The number of nitrogens with zero attached hydrogens (tertiary/aromatic N) is 3. The molecule has 1 N–H and O–H groups in total. The molecule has 0 aliphatic heterocycles. The number of carbonyl (C=O) groups is 1. The second-order valence-corrected chi connectivity index (χ2v) is 6.51. The first-order chi connectivity index (χ1) is 13.5. The fourth-order valence-corrected chi connectivity index (χ4v) is 3.00. The molecule has 5 heteroatoms. The summed E-state index contributed by atoms with van der Waals surface area (Å²) in [5, 5.41) is 16.9. The monoisotopic (exact) mass is 370 g/mol. The van der Waals surface area contributed by atoms with Gasteiger partial charge in [0.15, 0.2) is 0 Å². The van der Waals surface area contributed by atoms with Gasteiger partial charge in [-0.05, 0) is 56.2 Å². The predicted octanol–water partition coefficient (Wildman–Crippen LogP) is 4.60. The van der Waals surface area contributed by atoms with Crippen LogP contribution in [0, 0.1) is 25.2 Å². The summed E-state index contributed by atoms with van der Waals surface area (Å²) in [5.41, 5.74) is 5.23. The molecule has 0 radical (unpaired) electrons. The molecule has 1 aromatic heterocycles. The predicted molar refractivity (Wildman–Crippen MR) is 111 cm³/mol. The van der Waals surface area contributed by atoms with E-state index in [4.69, 9.17) is 0 Å². The molecule has 0 aliphatic carbocycles. The van der Waals surface area contributed by atoms with E-state index >= 15 is 0 Å². The van der Waals surface area contributed by atoms with Crippen LogP contribution in [0.25, 0.3) is 11.8 Å². The van der Waals surface area contributed by atoms with Crippen molar-refractivity contribution < 1.29 is 4.79 Å². The van der Waals surface area contributed by atoms with Crippen molar-refractivity contribution in [3.63, 3.8) is 0 Å². The van der Waals surface area contributed by atoms with Gasteiger partial charge in [0.2, 0.25) is 0 Å². The molecule has 1 heterocycles. The fourth-order valence-electron chi connectivity index (χ4n) is 3.00. The van der Waals surface area contributed by atoms with Crippen molar-refractivity contribution in [1.82, 2.24) is 9.78 Å². The highest BCUT2D eigenvalue weighted by Crippen LogP contribution is 2.21. The summed E-state index contributed by atoms with van der Waals surface area (Å²) in [6, 6.07) is 19.4. The molecule has 2 aromatic carbocycles. The van der Waals surface area contributed by atoms with E-state index in [1.165, 1.54) is 5.56 Å². The van der Waals surface area contributed by atoms with E-state index in [0.29, 0.717) is 5.69 Å². The molecule has 1 amide bonds. The third-order valence-electron chi connectivity index (χ3n) is 4.62. The summed E-state index contributed by atoms with van der Waals surface area (Å²) in [4.78, 5) is 12.6. The Bertz CT molecular complexity index is 1050. The van der Waals surface area contributed by atoms with Crippen molar-refractivity contribution in [2.24, 2.45) is 0 Å². The summed E-state index contributed by atoms with van der Waals surface area (Å²) < 4.78 is 1.82. The highest BCUT2D eigenvalue weighted by Gasteiger charge is 2.15. The molecule has 0 unspecified atom stereocenters. The second-order valence-electron chi connectivity index (χ2n) is 6.51. The van der Waals surface area contributed by atoms with Crippen molar-refractivity contribution in [3.05, 3.63) is 82.7 Å². The SMILES string of the molecule is CCc1ccc(NC(=O)/C(C#N)=C/c2c(C)nn(-c3ccccc3)c2C)cc1. The topological polar surface area (TPSA) is 70.7 Å². The number of benzene rings is 2. The van der Waals surface area contributed by atoms with Gasteiger partial charge < -0.3 is 5.32 Å². The average molecular weight is 370 g/mol. The summed E-state index contributed by atoms with van der Waals surface area (Å²) in [7, 11) is 0. The summed E-state index contributed by atoms with van der Waals surface area (Å²) in [5.74, 6) is -0.432. The number of nitrogens with one attached hydrogen (secondary N) is 1.